The fraction of sp³-hybridized carbons (Fsp3) is 0.211. The van der Waals surface area contributed by atoms with E-state index >= 15 is 0 Å². The van der Waals surface area contributed by atoms with Crippen LogP contribution in [0.5, 0.6) is 5.75 Å². The van der Waals surface area contributed by atoms with E-state index < -0.39 is 0 Å². The molecular formula is C19H18N2O4S. The highest BCUT2D eigenvalue weighted by Gasteiger charge is 2.13. The molecule has 3 aromatic rings. The Morgan fingerprint density at radius 3 is 2.46 bits per heavy atom. The molecule has 26 heavy (non-hydrogen) atoms. The quantitative estimate of drug-likeness (QED) is 0.660. The van der Waals surface area contributed by atoms with Crippen molar-refractivity contribution in [3.63, 3.8) is 0 Å². The van der Waals surface area contributed by atoms with Gasteiger partial charge in [-0.05, 0) is 56.3 Å². The fourth-order valence-electron chi connectivity index (χ4n) is 2.36. The van der Waals surface area contributed by atoms with Gasteiger partial charge in [-0.25, -0.2) is 9.78 Å². The Balaban J connectivity index is 1.75. The third-order valence-electron chi connectivity index (χ3n) is 3.55. The van der Waals surface area contributed by atoms with Gasteiger partial charge >= 0.3 is 5.97 Å². The van der Waals surface area contributed by atoms with Gasteiger partial charge in [0.15, 0.2) is 5.13 Å². The smallest absolute Gasteiger partial charge is 0.338 e. The van der Waals surface area contributed by atoms with E-state index in [2.05, 4.69) is 10.3 Å². The molecule has 7 heteroatoms. The maximum atomic E-state index is 12.4. The fourth-order valence-corrected chi connectivity index (χ4v) is 3.26. The van der Waals surface area contributed by atoms with Crippen molar-refractivity contribution in [2.24, 2.45) is 0 Å². The van der Waals surface area contributed by atoms with Crippen molar-refractivity contribution in [1.82, 2.24) is 4.98 Å². The van der Waals surface area contributed by atoms with Crippen LogP contribution in [0.15, 0.2) is 42.5 Å². The molecule has 6 nitrogen and oxygen atoms in total. The van der Waals surface area contributed by atoms with Gasteiger partial charge in [0.25, 0.3) is 5.91 Å². The molecule has 1 aromatic heterocycles. The maximum Gasteiger partial charge on any atom is 0.338 e. The van der Waals surface area contributed by atoms with E-state index in [0.717, 1.165) is 10.4 Å². The van der Waals surface area contributed by atoms with Crippen LogP contribution >= 0.6 is 11.3 Å². The Bertz CT molecular complexity index is 934. The summed E-state index contributed by atoms with van der Waals surface area (Å²) in [5, 5.41) is 3.26. The number of benzene rings is 2. The van der Waals surface area contributed by atoms with Crippen LogP contribution in [-0.4, -0.2) is 30.1 Å². The van der Waals surface area contributed by atoms with Crippen LogP contribution in [0.1, 0.15) is 34.6 Å². The van der Waals surface area contributed by atoms with Gasteiger partial charge in [0, 0.05) is 5.56 Å². The maximum absolute atomic E-state index is 12.4. The number of hydrogen-bond donors (Lipinski definition) is 1. The molecule has 0 aliphatic rings. The summed E-state index contributed by atoms with van der Waals surface area (Å²) in [6.07, 6.45) is 0. The molecule has 1 heterocycles. The van der Waals surface area contributed by atoms with Gasteiger partial charge in [0.2, 0.25) is 0 Å². The van der Waals surface area contributed by atoms with Crippen molar-refractivity contribution < 1.29 is 19.1 Å². The topological polar surface area (TPSA) is 77.5 Å². The number of amides is 1. The van der Waals surface area contributed by atoms with E-state index in [0.29, 0.717) is 35.0 Å². The minimum atomic E-state index is -0.372. The molecule has 1 amide bonds. The van der Waals surface area contributed by atoms with Crippen molar-refractivity contribution >= 4 is 38.6 Å². The first-order valence-corrected chi connectivity index (χ1v) is 9.04. The summed E-state index contributed by atoms with van der Waals surface area (Å²) in [5.74, 6) is 0.0935. The second-order valence-corrected chi connectivity index (χ2v) is 6.36. The Morgan fingerprint density at radius 1 is 1.04 bits per heavy atom. The van der Waals surface area contributed by atoms with E-state index in [9.17, 15) is 9.59 Å². The highest BCUT2D eigenvalue weighted by atomic mass is 32.1. The van der Waals surface area contributed by atoms with E-state index in [1.165, 1.54) is 11.3 Å². The lowest BCUT2D eigenvalue weighted by atomic mass is 10.2. The van der Waals surface area contributed by atoms with Gasteiger partial charge in [0.05, 0.1) is 29.0 Å². The van der Waals surface area contributed by atoms with Gasteiger partial charge in [-0.15, -0.1) is 0 Å². The molecule has 0 aliphatic carbocycles. The number of rotatable bonds is 6. The van der Waals surface area contributed by atoms with Crippen LogP contribution in [0.3, 0.4) is 0 Å². The first-order valence-electron chi connectivity index (χ1n) is 8.22. The number of aromatic nitrogens is 1. The Morgan fingerprint density at radius 2 is 1.77 bits per heavy atom. The first kappa shape index (κ1) is 17.9. The second-order valence-electron chi connectivity index (χ2n) is 5.33. The number of carbonyl (C=O) groups excluding carboxylic acids is 2. The van der Waals surface area contributed by atoms with E-state index in [-0.39, 0.29) is 11.9 Å². The summed E-state index contributed by atoms with van der Waals surface area (Å²) in [7, 11) is 0. The van der Waals surface area contributed by atoms with E-state index in [4.69, 9.17) is 9.47 Å². The van der Waals surface area contributed by atoms with Crippen LogP contribution in [0, 0.1) is 0 Å². The molecule has 1 N–H and O–H groups in total. The lowest BCUT2D eigenvalue weighted by molar-refractivity contribution is 0.0526. The Hall–Kier alpha value is -2.93. The molecule has 0 saturated carbocycles. The summed E-state index contributed by atoms with van der Waals surface area (Å²) in [6, 6.07) is 12.0. The second kappa shape index (κ2) is 7.97. The summed E-state index contributed by atoms with van der Waals surface area (Å²) in [6.45, 7) is 4.56. The predicted molar refractivity (Wildman–Crippen MR) is 101 cm³/mol. The van der Waals surface area contributed by atoms with Crippen molar-refractivity contribution in [1.29, 1.82) is 0 Å². The first-order chi connectivity index (χ1) is 12.6. The highest BCUT2D eigenvalue weighted by Crippen LogP contribution is 2.27. The molecule has 134 valence electrons. The van der Waals surface area contributed by atoms with Crippen LogP contribution < -0.4 is 10.1 Å². The number of hydrogen-bond acceptors (Lipinski definition) is 6. The van der Waals surface area contributed by atoms with Crippen molar-refractivity contribution in [3.05, 3.63) is 53.6 Å². The largest absolute Gasteiger partial charge is 0.494 e. The van der Waals surface area contributed by atoms with E-state index in [1.54, 1.807) is 49.4 Å². The molecule has 0 atom stereocenters. The summed E-state index contributed by atoms with van der Waals surface area (Å²) >= 11 is 1.31. The molecule has 0 saturated heterocycles. The molecule has 2 aromatic carbocycles. The number of nitrogens with zero attached hydrogens (tertiary/aromatic N) is 1. The normalized spacial score (nSPS) is 10.5. The minimum Gasteiger partial charge on any atom is -0.494 e. The molecule has 0 fully saturated rings. The van der Waals surface area contributed by atoms with Crippen LogP contribution in [0.25, 0.3) is 10.2 Å². The van der Waals surface area contributed by atoms with Gasteiger partial charge < -0.3 is 9.47 Å². The number of fused-ring (bicyclic) bond motifs is 1. The molecule has 0 bridgehead atoms. The minimum absolute atomic E-state index is 0.252. The van der Waals surface area contributed by atoms with Crippen molar-refractivity contribution in [2.75, 3.05) is 18.5 Å². The number of ether oxygens (including phenoxy) is 2. The molecule has 3 rings (SSSR count). The molecule has 0 radical (unpaired) electrons. The average molecular weight is 370 g/mol. The average Bonchev–Trinajstić information content (AvgIpc) is 3.04. The number of nitrogens with one attached hydrogen (secondary N) is 1. The number of anilines is 1. The van der Waals surface area contributed by atoms with Crippen molar-refractivity contribution in [2.45, 2.75) is 13.8 Å². The number of carbonyl (C=O) groups is 2. The third-order valence-corrected chi connectivity index (χ3v) is 4.48. The lowest BCUT2D eigenvalue weighted by Crippen LogP contribution is -2.11. The van der Waals surface area contributed by atoms with Gasteiger partial charge in [-0.1, -0.05) is 11.3 Å². The van der Waals surface area contributed by atoms with Gasteiger partial charge in [-0.3, -0.25) is 10.1 Å². The van der Waals surface area contributed by atoms with Crippen LogP contribution in [-0.2, 0) is 4.74 Å². The number of esters is 1. The third kappa shape index (κ3) is 4.00. The molecule has 0 unspecified atom stereocenters. The van der Waals surface area contributed by atoms with Crippen LogP contribution in [0.2, 0.25) is 0 Å². The van der Waals surface area contributed by atoms with Crippen molar-refractivity contribution in [3.8, 4) is 5.75 Å². The molecular weight excluding hydrogens is 352 g/mol. The molecule has 0 aliphatic heterocycles. The predicted octanol–water partition coefficient (Wildman–Crippen LogP) is 4.12. The molecule has 0 spiro atoms. The summed E-state index contributed by atoms with van der Waals surface area (Å²) in [4.78, 5) is 28.6. The zero-order chi connectivity index (χ0) is 18.5. The zero-order valence-corrected chi connectivity index (χ0v) is 15.3. The monoisotopic (exact) mass is 370 g/mol. The SMILES string of the molecule is CCOC(=O)c1ccc2nc(NC(=O)c3ccc(OCC)cc3)sc2c1. The summed E-state index contributed by atoms with van der Waals surface area (Å²) < 4.78 is 11.2. The van der Waals surface area contributed by atoms with Crippen LogP contribution in [0.4, 0.5) is 5.13 Å². The van der Waals surface area contributed by atoms with Gasteiger partial charge in [-0.2, -0.15) is 0 Å². The zero-order valence-electron chi connectivity index (χ0n) is 14.4. The van der Waals surface area contributed by atoms with E-state index in [1.807, 2.05) is 6.92 Å². The van der Waals surface area contributed by atoms with Gasteiger partial charge in [0.1, 0.15) is 5.75 Å². The highest BCUT2D eigenvalue weighted by molar-refractivity contribution is 7.22. The lowest BCUT2D eigenvalue weighted by Gasteiger charge is -2.04. The standard InChI is InChI=1S/C19H18N2O4S/c1-3-24-14-8-5-12(6-9-14)17(22)21-19-20-15-10-7-13(11-16(15)26-19)18(23)25-4-2/h5-11H,3-4H2,1-2H3,(H,20,21,22). The number of thiazole rings is 1. The Kier molecular flexibility index (Phi) is 5.48. The summed E-state index contributed by atoms with van der Waals surface area (Å²) in [5.41, 5.74) is 1.69. The Labute approximate surface area is 154 Å².